The summed E-state index contributed by atoms with van der Waals surface area (Å²) < 4.78 is 11.0. The molecule has 3 rings (SSSR count). The van der Waals surface area contributed by atoms with Crippen molar-refractivity contribution in [3.05, 3.63) is 72.3 Å². The maximum absolute atomic E-state index is 11.6. The lowest BCUT2D eigenvalue weighted by atomic mass is 10.1. The van der Waals surface area contributed by atoms with Crippen molar-refractivity contribution in [2.45, 2.75) is 12.5 Å². The summed E-state index contributed by atoms with van der Waals surface area (Å²) in [4.78, 5) is 11.6. The SMILES string of the molecule is COc1ccccc1C[C@H](Oc1ccc2ccccc2c1)C(=O)O. The van der Waals surface area contributed by atoms with Crippen molar-refractivity contribution in [3.8, 4) is 11.5 Å². The summed E-state index contributed by atoms with van der Waals surface area (Å²) in [7, 11) is 1.57. The molecule has 24 heavy (non-hydrogen) atoms. The first kappa shape index (κ1) is 15.9. The minimum absolute atomic E-state index is 0.228. The number of para-hydroxylation sites is 1. The smallest absolute Gasteiger partial charge is 0.345 e. The molecule has 0 fully saturated rings. The van der Waals surface area contributed by atoms with Crippen LogP contribution in [0.1, 0.15) is 5.56 Å². The molecule has 0 aromatic heterocycles. The fourth-order valence-corrected chi connectivity index (χ4v) is 2.66. The molecule has 0 saturated carbocycles. The highest BCUT2D eigenvalue weighted by molar-refractivity contribution is 5.84. The summed E-state index contributed by atoms with van der Waals surface area (Å²) in [5, 5.41) is 11.6. The van der Waals surface area contributed by atoms with Crippen LogP contribution in [0.5, 0.6) is 11.5 Å². The largest absolute Gasteiger partial charge is 0.496 e. The number of hydrogen-bond acceptors (Lipinski definition) is 3. The Hall–Kier alpha value is -3.01. The van der Waals surface area contributed by atoms with Gasteiger partial charge in [-0.05, 0) is 34.5 Å². The fourth-order valence-electron chi connectivity index (χ4n) is 2.66. The molecular formula is C20H18O4. The minimum atomic E-state index is -1.01. The molecule has 0 amide bonds. The van der Waals surface area contributed by atoms with E-state index in [4.69, 9.17) is 9.47 Å². The van der Waals surface area contributed by atoms with Crippen molar-refractivity contribution >= 4 is 16.7 Å². The van der Waals surface area contributed by atoms with Crippen molar-refractivity contribution in [3.63, 3.8) is 0 Å². The van der Waals surface area contributed by atoms with Crippen molar-refractivity contribution < 1.29 is 19.4 Å². The Morgan fingerprint density at radius 1 is 1.00 bits per heavy atom. The van der Waals surface area contributed by atoms with E-state index in [2.05, 4.69) is 0 Å². The van der Waals surface area contributed by atoms with E-state index in [0.29, 0.717) is 11.5 Å². The van der Waals surface area contributed by atoms with Gasteiger partial charge in [-0.2, -0.15) is 0 Å². The maximum atomic E-state index is 11.6. The average molecular weight is 322 g/mol. The van der Waals surface area contributed by atoms with Crippen LogP contribution in [0.3, 0.4) is 0 Å². The van der Waals surface area contributed by atoms with E-state index in [1.807, 2.05) is 60.7 Å². The third-order valence-corrected chi connectivity index (χ3v) is 3.87. The quantitative estimate of drug-likeness (QED) is 0.747. The van der Waals surface area contributed by atoms with Gasteiger partial charge < -0.3 is 14.6 Å². The van der Waals surface area contributed by atoms with E-state index in [1.54, 1.807) is 13.2 Å². The van der Waals surface area contributed by atoms with Gasteiger partial charge in [-0.3, -0.25) is 0 Å². The lowest BCUT2D eigenvalue weighted by Gasteiger charge is -2.17. The van der Waals surface area contributed by atoms with Crippen LogP contribution < -0.4 is 9.47 Å². The summed E-state index contributed by atoms with van der Waals surface area (Å²) in [5.74, 6) is 0.191. The van der Waals surface area contributed by atoms with E-state index in [1.165, 1.54) is 0 Å². The number of methoxy groups -OCH3 is 1. The Bertz CT molecular complexity index is 857. The molecule has 0 heterocycles. The normalized spacial score (nSPS) is 11.9. The fraction of sp³-hybridized carbons (Fsp3) is 0.150. The van der Waals surface area contributed by atoms with Gasteiger partial charge in [-0.1, -0.05) is 48.5 Å². The highest BCUT2D eigenvalue weighted by atomic mass is 16.5. The minimum Gasteiger partial charge on any atom is -0.496 e. The predicted molar refractivity (Wildman–Crippen MR) is 92.7 cm³/mol. The van der Waals surface area contributed by atoms with Crippen LogP contribution in [0.25, 0.3) is 10.8 Å². The first-order valence-electron chi connectivity index (χ1n) is 7.67. The molecule has 4 nitrogen and oxygen atoms in total. The molecule has 1 N–H and O–H groups in total. The monoisotopic (exact) mass is 322 g/mol. The molecule has 0 aliphatic heterocycles. The van der Waals surface area contributed by atoms with Crippen LogP contribution in [0, 0.1) is 0 Å². The first-order chi connectivity index (χ1) is 11.7. The van der Waals surface area contributed by atoms with E-state index in [9.17, 15) is 9.90 Å². The Labute approximate surface area is 140 Å². The molecule has 3 aromatic carbocycles. The van der Waals surface area contributed by atoms with E-state index in [-0.39, 0.29) is 6.42 Å². The van der Waals surface area contributed by atoms with Gasteiger partial charge in [0.15, 0.2) is 6.10 Å². The summed E-state index contributed by atoms with van der Waals surface area (Å²) in [6.07, 6.45) is -0.755. The van der Waals surface area contributed by atoms with E-state index < -0.39 is 12.1 Å². The number of carbonyl (C=O) groups is 1. The number of carboxylic acids is 1. The standard InChI is InChI=1S/C20H18O4/c1-23-18-9-5-4-8-16(18)13-19(20(21)22)24-17-11-10-14-6-2-3-7-15(14)12-17/h2-12,19H,13H2,1H3,(H,21,22)/t19-/m0/s1. The second-order valence-corrected chi connectivity index (χ2v) is 5.47. The highest BCUT2D eigenvalue weighted by Gasteiger charge is 2.22. The molecule has 0 bridgehead atoms. The summed E-state index contributed by atoms with van der Waals surface area (Å²) in [6.45, 7) is 0. The maximum Gasteiger partial charge on any atom is 0.345 e. The molecule has 122 valence electrons. The summed E-state index contributed by atoms with van der Waals surface area (Å²) >= 11 is 0. The molecule has 4 heteroatoms. The highest BCUT2D eigenvalue weighted by Crippen LogP contribution is 2.24. The second kappa shape index (κ2) is 7.04. The third kappa shape index (κ3) is 3.49. The molecule has 0 aliphatic carbocycles. The topological polar surface area (TPSA) is 55.8 Å². The van der Waals surface area contributed by atoms with Gasteiger partial charge in [0, 0.05) is 6.42 Å². The number of fused-ring (bicyclic) bond motifs is 1. The Kier molecular flexibility index (Phi) is 4.66. The zero-order valence-electron chi connectivity index (χ0n) is 13.3. The zero-order valence-corrected chi connectivity index (χ0v) is 13.3. The van der Waals surface area contributed by atoms with Gasteiger partial charge in [0.2, 0.25) is 0 Å². The Morgan fingerprint density at radius 2 is 1.71 bits per heavy atom. The van der Waals surface area contributed by atoms with Crippen molar-refractivity contribution in [2.75, 3.05) is 7.11 Å². The molecule has 1 atom stereocenters. The van der Waals surface area contributed by atoms with Crippen LogP contribution in [-0.4, -0.2) is 24.3 Å². The van der Waals surface area contributed by atoms with Gasteiger partial charge in [0.25, 0.3) is 0 Å². The molecule has 0 radical (unpaired) electrons. The van der Waals surface area contributed by atoms with Crippen LogP contribution in [-0.2, 0) is 11.2 Å². The first-order valence-corrected chi connectivity index (χ1v) is 7.67. The zero-order chi connectivity index (χ0) is 16.9. The molecule has 0 spiro atoms. The number of carboxylic acid groups (broad SMARTS) is 1. The van der Waals surface area contributed by atoms with Gasteiger partial charge in [0.05, 0.1) is 7.11 Å². The van der Waals surface area contributed by atoms with Gasteiger partial charge in [-0.15, -0.1) is 0 Å². The molecular weight excluding hydrogens is 304 g/mol. The number of rotatable bonds is 6. The number of hydrogen-bond donors (Lipinski definition) is 1. The van der Waals surface area contributed by atoms with Crippen LogP contribution in [0.15, 0.2) is 66.7 Å². The van der Waals surface area contributed by atoms with Gasteiger partial charge >= 0.3 is 5.97 Å². The molecule has 0 saturated heterocycles. The lowest BCUT2D eigenvalue weighted by molar-refractivity contribution is -0.145. The number of ether oxygens (including phenoxy) is 2. The van der Waals surface area contributed by atoms with E-state index >= 15 is 0 Å². The average Bonchev–Trinajstić information content (AvgIpc) is 2.61. The predicted octanol–water partition coefficient (Wildman–Crippen LogP) is 3.92. The van der Waals surface area contributed by atoms with E-state index in [0.717, 1.165) is 16.3 Å². The number of aliphatic carboxylic acids is 1. The molecule has 3 aromatic rings. The number of benzene rings is 3. The van der Waals surface area contributed by atoms with Gasteiger partial charge in [0.1, 0.15) is 11.5 Å². The lowest BCUT2D eigenvalue weighted by Crippen LogP contribution is -2.29. The van der Waals surface area contributed by atoms with Crippen molar-refractivity contribution in [2.24, 2.45) is 0 Å². The van der Waals surface area contributed by atoms with Crippen LogP contribution in [0.4, 0.5) is 0 Å². The van der Waals surface area contributed by atoms with Crippen molar-refractivity contribution in [1.29, 1.82) is 0 Å². The van der Waals surface area contributed by atoms with Crippen LogP contribution >= 0.6 is 0 Å². The van der Waals surface area contributed by atoms with Crippen LogP contribution in [0.2, 0.25) is 0 Å². The van der Waals surface area contributed by atoms with Gasteiger partial charge in [-0.25, -0.2) is 4.79 Å². The Morgan fingerprint density at radius 3 is 2.46 bits per heavy atom. The Balaban J connectivity index is 1.84. The second-order valence-electron chi connectivity index (χ2n) is 5.47. The third-order valence-electron chi connectivity index (χ3n) is 3.87. The molecule has 0 unspecified atom stereocenters. The summed E-state index contributed by atoms with van der Waals surface area (Å²) in [5.41, 5.74) is 0.799. The molecule has 0 aliphatic rings. The summed E-state index contributed by atoms with van der Waals surface area (Å²) in [6, 6.07) is 20.8. The van der Waals surface area contributed by atoms with Crippen molar-refractivity contribution in [1.82, 2.24) is 0 Å².